The Kier molecular flexibility index (Phi) is 2.85. The number of hydrogen-bond donors (Lipinski definition) is 4. The molecule has 1 aromatic rings. The highest BCUT2D eigenvalue weighted by molar-refractivity contribution is 5.90. The Bertz CT molecular complexity index is 334. The standard InChI is InChI=1S/C7H9N5O2/c8-6(13)11-4-1-2-10-5(3-4)12-7(9)14/h1-3H,(H6,8,9,10,11,12,13,14). The van der Waals surface area contributed by atoms with Crippen molar-refractivity contribution in [2.45, 2.75) is 0 Å². The average Bonchev–Trinajstić information content (AvgIpc) is 2.01. The number of nitrogens with two attached hydrogens (primary N) is 2. The Morgan fingerprint density at radius 2 is 1.86 bits per heavy atom. The molecule has 0 aromatic carbocycles. The van der Waals surface area contributed by atoms with Gasteiger partial charge in [0.25, 0.3) is 0 Å². The van der Waals surface area contributed by atoms with Gasteiger partial charge in [0.15, 0.2) is 0 Å². The fourth-order valence-electron chi connectivity index (χ4n) is 0.845. The van der Waals surface area contributed by atoms with E-state index in [0.29, 0.717) is 5.69 Å². The predicted octanol–water partition coefficient (Wildman–Crippen LogP) is 0.0628. The fraction of sp³-hybridized carbons (Fsp3) is 0. The van der Waals surface area contributed by atoms with E-state index in [9.17, 15) is 9.59 Å². The van der Waals surface area contributed by atoms with Gasteiger partial charge in [-0.2, -0.15) is 0 Å². The lowest BCUT2D eigenvalue weighted by atomic mass is 10.4. The molecule has 1 heterocycles. The second kappa shape index (κ2) is 4.08. The molecule has 0 aliphatic rings. The molecule has 0 saturated heterocycles. The van der Waals surface area contributed by atoms with E-state index in [0.717, 1.165) is 0 Å². The molecule has 6 N–H and O–H groups in total. The summed E-state index contributed by atoms with van der Waals surface area (Å²) in [6.45, 7) is 0. The Hall–Kier alpha value is -2.31. The number of carbonyl (C=O) groups is 2. The van der Waals surface area contributed by atoms with Gasteiger partial charge >= 0.3 is 12.1 Å². The number of nitrogens with zero attached hydrogens (tertiary/aromatic N) is 1. The first-order valence-corrected chi connectivity index (χ1v) is 3.67. The summed E-state index contributed by atoms with van der Waals surface area (Å²) in [5.41, 5.74) is 10.2. The van der Waals surface area contributed by atoms with E-state index < -0.39 is 12.1 Å². The van der Waals surface area contributed by atoms with Crippen LogP contribution in [0, 0.1) is 0 Å². The molecule has 0 bridgehead atoms. The Morgan fingerprint density at radius 1 is 1.21 bits per heavy atom. The van der Waals surface area contributed by atoms with Crippen LogP contribution in [0.1, 0.15) is 0 Å². The highest BCUT2D eigenvalue weighted by atomic mass is 16.2. The molecule has 0 saturated carbocycles. The van der Waals surface area contributed by atoms with Gasteiger partial charge in [-0.1, -0.05) is 0 Å². The zero-order valence-corrected chi connectivity index (χ0v) is 7.15. The Labute approximate surface area is 79.5 Å². The van der Waals surface area contributed by atoms with Gasteiger partial charge in [-0.05, 0) is 6.07 Å². The van der Waals surface area contributed by atoms with Crippen molar-refractivity contribution in [3.8, 4) is 0 Å². The average molecular weight is 195 g/mol. The van der Waals surface area contributed by atoms with Crippen molar-refractivity contribution in [1.82, 2.24) is 4.98 Å². The minimum absolute atomic E-state index is 0.240. The van der Waals surface area contributed by atoms with Crippen molar-refractivity contribution in [1.29, 1.82) is 0 Å². The third-order valence-electron chi connectivity index (χ3n) is 1.28. The zero-order valence-electron chi connectivity index (χ0n) is 7.15. The third kappa shape index (κ3) is 2.97. The minimum atomic E-state index is -0.728. The zero-order chi connectivity index (χ0) is 10.6. The number of carbonyl (C=O) groups excluding carboxylic acids is 2. The molecule has 4 amide bonds. The van der Waals surface area contributed by atoms with E-state index in [1.807, 2.05) is 0 Å². The van der Waals surface area contributed by atoms with Gasteiger partial charge in [0, 0.05) is 18.0 Å². The minimum Gasteiger partial charge on any atom is -0.351 e. The van der Waals surface area contributed by atoms with E-state index in [4.69, 9.17) is 11.5 Å². The van der Waals surface area contributed by atoms with E-state index in [1.165, 1.54) is 18.3 Å². The van der Waals surface area contributed by atoms with E-state index in [2.05, 4.69) is 15.6 Å². The number of aromatic nitrogens is 1. The number of nitrogens with one attached hydrogen (secondary N) is 2. The van der Waals surface area contributed by atoms with E-state index in [-0.39, 0.29) is 5.82 Å². The smallest absolute Gasteiger partial charge is 0.317 e. The highest BCUT2D eigenvalue weighted by Gasteiger charge is 2.00. The molecule has 1 aromatic heterocycles. The van der Waals surface area contributed by atoms with Crippen molar-refractivity contribution in [3.05, 3.63) is 18.3 Å². The molecule has 74 valence electrons. The molecule has 0 spiro atoms. The second-order valence-electron chi connectivity index (χ2n) is 2.41. The molecule has 7 nitrogen and oxygen atoms in total. The first-order valence-electron chi connectivity index (χ1n) is 3.67. The highest BCUT2D eigenvalue weighted by Crippen LogP contribution is 2.10. The summed E-state index contributed by atoms with van der Waals surface area (Å²) in [6, 6.07) is 1.53. The fourth-order valence-corrected chi connectivity index (χ4v) is 0.845. The molecular weight excluding hydrogens is 186 g/mol. The molecule has 14 heavy (non-hydrogen) atoms. The van der Waals surface area contributed by atoms with Gasteiger partial charge in [-0.25, -0.2) is 14.6 Å². The van der Waals surface area contributed by atoms with Crippen LogP contribution in [0.25, 0.3) is 0 Å². The van der Waals surface area contributed by atoms with Gasteiger partial charge < -0.3 is 16.8 Å². The van der Waals surface area contributed by atoms with Crippen LogP contribution in [-0.2, 0) is 0 Å². The van der Waals surface area contributed by atoms with Crippen LogP contribution in [0.3, 0.4) is 0 Å². The molecule has 0 radical (unpaired) electrons. The van der Waals surface area contributed by atoms with Gasteiger partial charge in [0.05, 0.1) is 0 Å². The lowest BCUT2D eigenvalue weighted by Crippen LogP contribution is -2.21. The second-order valence-corrected chi connectivity index (χ2v) is 2.41. The van der Waals surface area contributed by atoms with Crippen LogP contribution in [0.2, 0.25) is 0 Å². The van der Waals surface area contributed by atoms with Crippen LogP contribution in [0.5, 0.6) is 0 Å². The Balaban J connectivity index is 2.78. The first kappa shape index (κ1) is 9.78. The maximum absolute atomic E-state index is 10.5. The summed E-state index contributed by atoms with van der Waals surface area (Å²) in [5, 5.41) is 4.58. The Morgan fingerprint density at radius 3 is 2.43 bits per heavy atom. The van der Waals surface area contributed by atoms with Crippen LogP contribution in [0.4, 0.5) is 21.1 Å². The number of primary amides is 2. The summed E-state index contributed by atoms with van der Waals surface area (Å²) in [5.74, 6) is 0.240. The maximum Gasteiger partial charge on any atom is 0.317 e. The van der Waals surface area contributed by atoms with Crippen molar-refractivity contribution in [2.24, 2.45) is 11.5 Å². The molecule has 7 heteroatoms. The number of pyridine rings is 1. The summed E-state index contributed by atoms with van der Waals surface area (Å²) >= 11 is 0. The SMILES string of the molecule is NC(=O)Nc1ccnc(NC(N)=O)c1. The van der Waals surface area contributed by atoms with E-state index in [1.54, 1.807) is 0 Å². The van der Waals surface area contributed by atoms with Crippen molar-refractivity contribution in [2.75, 3.05) is 10.6 Å². The number of anilines is 2. The quantitative estimate of drug-likeness (QED) is 0.533. The molecule has 0 aliphatic carbocycles. The molecule has 0 atom stereocenters. The van der Waals surface area contributed by atoms with Gasteiger partial charge in [-0.15, -0.1) is 0 Å². The maximum atomic E-state index is 10.5. The predicted molar refractivity (Wildman–Crippen MR) is 50.6 cm³/mol. The number of hydrogen-bond acceptors (Lipinski definition) is 3. The van der Waals surface area contributed by atoms with Crippen LogP contribution in [-0.4, -0.2) is 17.0 Å². The summed E-state index contributed by atoms with van der Waals surface area (Å²) in [4.78, 5) is 24.7. The molecule has 1 rings (SSSR count). The summed E-state index contributed by atoms with van der Waals surface area (Å²) in [6.07, 6.45) is 1.40. The van der Waals surface area contributed by atoms with Crippen molar-refractivity contribution < 1.29 is 9.59 Å². The van der Waals surface area contributed by atoms with Crippen molar-refractivity contribution >= 4 is 23.6 Å². The molecule has 0 fully saturated rings. The molecule has 0 aliphatic heterocycles. The molecular formula is C7H9N5O2. The van der Waals surface area contributed by atoms with Crippen molar-refractivity contribution in [3.63, 3.8) is 0 Å². The third-order valence-corrected chi connectivity index (χ3v) is 1.28. The topological polar surface area (TPSA) is 123 Å². The number of urea groups is 2. The van der Waals surface area contributed by atoms with Gasteiger partial charge in [-0.3, -0.25) is 5.32 Å². The summed E-state index contributed by atoms with van der Waals surface area (Å²) < 4.78 is 0. The lowest BCUT2D eigenvalue weighted by molar-refractivity contribution is 0.258. The van der Waals surface area contributed by atoms with Crippen LogP contribution >= 0.6 is 0 Å². The number of amides is 4. The molecule has 0 unspecified atom stereocenters. The first-order chi connectivity index (χ1) is 6.58. The number of rotatable bonds is 2. The normalized spacial score (nSPS) is 9.14. The van der Waals surface area contributed by atoms with Gasteiger partial charge in [0.1, 0.15) is 5.82 Å². The van der Waals surface area contributed by atoms with Crippen LogP contribution < -0.4 is 22.1 Å². The van der Waals surface area contributed by atoms with E-state index >= 15 is 0 Å². The monoisotopic (exact) mass is 195 g/mol. The lowest BCUT2D eigenvalue weighted by Gasteiger charge is -2.03. The van der Waals surface area contributed by atoms with Gasteiger partial charge in [0.2, 0.25) is 0 Å². The van der Waals surface area contributed by atoms with Crippen LogP contribution in [0.15, 0.2) is 18.3 Å². The summed E-state index contributed by atoms with van der Waals surface area (Å²) in [7, 11) is 0. The largest absolute Gasteiger partial charge is 0.351 e.